The maximum Gasteiger partial charge on any atom is 0.227 e. The molecule has 3 aromatic heterocycles. The van der Waals surface area contributed by atoms with Crippen LogP contribution in [-0.4, -0.2) is 31.8 Å². The minimum Gasteiger partial charge on any atom is -0.481 e. The van der Waals surface area contributed by atoms with Crippen LogP contribution in [0.2, 0.25) is 0 Å². The Morgan fingerprint density at radius 1 is 1.27 bits per heavy atom. The third-order valence-corrected chi connectivity index (χ3v) is 3.38. The van der Waals surface area contributed by atoms with Gasteiger partial charge in [0, 0.05) is 43.2 Å². The van der Waals surface area contributed by atoms with E-state index < -0.39 is 0 Å². The summed E-state index contributed by atoms with van der Waals surface area (Å²) in [5.74, 6) is 2.72. The summed E-state index contributed by atoms with van der Waals surface area (Å²) in [5.41, 5.74) is 0.826. The van der Waals surface area contributed by atoms with Gasteiger partial charge in [0.1, 0.15) is 5.82 Å². The summed E-state index contributed by atoms with van der Waals surface area (Å²) < 4.78 is 12.5. The second-order valence-electron chi connectivity index (χ2n) is 4.87. The molecule has 0 saturated heterocycles. The Hall–Kier alpha value is -2.70. The van der Waals surface area contributed by atoms with Gasteiger partial charge in [0.05, 0.1) is 7.11 Å². The Bertz CT molecular complexity index is 750. The van der Waals surface area contributed by atoms with Gasteiger partial charge in [0.15, 0.2) is 0 Å². The van der Waals surface area contributed by atoms with Crippen LogP contribution in [0.1, 0.15) is 18.1 Å². The average molecular weight is 299 g/mol. The Morgan fingerprint density at radius 2 is 2.18 bits per heavy atom. The first-order valence-corrected chi connectivity index (χ1v) is 7.07. The molecule has 7 heteroatoms. The molecule has 0 aromatic carbocycles. The number of hydrogen-bond donors (Lipinski definition) is 0. The van der Waals surface area contributed by atoms with E-state index in [2.05, 4.69) is 24.7 Å². The van der Waals surface area contributed by atoms with Crippen molar-refractivity contribution >= 4 is 0 Å². The standard InChI is InChI=1S/C15H17N5O2/c1-11-16-7-9-20(11)8-3-4-13-18-15(19-22-13)12-5-6-17-14(10-12)21-2/h5-7,9-10H,3-4,8H2,1-2H3. The summed E-state index contributed by atoms with van der Waals surface area (Å²) in [6.07, 6.45) is 7.08. The van der Waals surface area contributed by atoms with E-state index in [0.717, 1.165) is 30.8 Å². The molecule has 0 bridgehead atoms. The van der Waals surface area contributed by atoms with Crippen molar-refractivity contribution in [3.63, 3.8) is 0 Å². The van der Waals surface area contributed by atoms with Crippen LogP contribution in [0, 0.1) is 6.92 Å². The van der Waals surface area contributed by atoms with Gasteiger partial charge < -0.3 is 13.8 Å². The van der Waals surface area contributed by atoms with E-state index in [9.17, 15) is 0 Å². The molecule has 114 valence electrons. The van der Waals surface area contributed by atoms with Crippen LogP contribution in [0.5, 0.6) is 5.88 Å². The van der Waals surface area contributed by atoms with Crippen molar-refractivity contribution in [1.82, 2.24) is 24.7 Å². The molecule has 0 spiro atoms. The van der Waals surface area contributed by atoms with Crippen molar-refractivity contribution in [2.45, 2.75) is 26.3 Å². The quantitative estimate of drug-likeness (QED) is 0.694. The summed E-state index contributed by atoms with van der Waals surface area (Å²) in [6, 6.07) is 3.61. The van der Waals surface area contributed by atoms with Crippen LogP contribution in [0.3, 0.4) is 0 Å². The van der Waals surface area contributed by atoms with Crippen LogP contribution in [-0.2, 0) is 13.0 Å². The van der Waals surface area contributed by atoms with E-state index in [0.29, 0.717) is 17.6 Å². The Balaban J connectivity index is 1.62. The van der Waals surface area contributed by atoms with E-state index in [-0.39, 0.29) is 0 Å². The van der Waals surface area contributed by atoms with Crippen molar-refractivity contribution < 1.29 is 9.26 Å². The molecule has 0 amide bonds. The lowest BCUT2D eigenvalue weighted by Gasteiger charge is -2.02. The number of methoxy groups -OCH3 is 1. The molecule has 0 radical (unpaired) electrons. The average Bonchev–Trinajstić information content (AvgIpc) is 3.17. The minimum atomic E-state index is 0.527. The van der Waals surface area contributed by atoms with E-state index in [1.54, 1.807) is 25.6 Å². The zero-order valence-corrected chi connectivity index (χ0v) is 12.6. The maximum atomic E-state index is 5.30. The Kier molecular flexibility index (Phi) is 4.13. The molecule has 0 aliphatic carbocycles. The highest BCUT2D eigenvalue weighted by molar-refractivity contribution is 5.54. The Labute approximate surface area is 128 Å². The largest absolute Gasteiger partial charge is 0.481 e. The second-order valence-corrected chi connectivity index (χ2v) is 4.87. The first kappa shape index (κ1) is 14.2. The summed E-state index contributed by atoms with van der Waals surface area (Å²) in [6.45, 7) is 2.87. The van der Waals surface area contributed by atoms with Crippen LogP contribution in [0.25, 0.3) is 11.4 Å². The van der Waals surface area contributed by atoms with Crippen molar-refractivity contribution in [2.24, 2.45) is 0 Å². The molecule has 0 atom stereocenters. The molecular weight excluding hydrogens is 282 g/mol. The smallest absolute Gasteiger partial charge is 0.227 e. The van der Waals surface area contributed by atoms with E-state index >= 15 is 0 Å². The molecule has 3 heterocycles. The topological polar surface area (TPSA) is 78.9 Å². The highest BCUT2D eigenvalue weighted by atomic mass is 16.5. The molecular formula is C15H17N5O2. The highest BCUT2D eigenvalue weighted by Gasteiger charge is 2.10. The molecule has 0 saturated carbocycles. The number of imidazole rings is 1. The number of aryl methyl sites for hydroxylation is 3. The third kappa shape index (κ3) is 3.13. The number of aromatic nitrogens is 5. The van der Waals surface area contributed by atoms with Gasteiger partial charge in [-0.05, 0) is 19.4 Å². The van der Waals surface area contributed by atoms with Crippen molar-refractivity contribution in [3.05, 3.63) is 42.4 Å². The van der Waals surface area contributed by atoms with Gasteiger partial charge in [-0.15, -0.1) is 0 Å². The second kappa shape index (κ2) is 6.38. The van der Waals surface area contributed by atoms with E-state index in [1.165, 1.54) is 0 Å². The van der Waals surface area contributed by atoms with Gasteiger partial charge in [-0.3, -0.25) is 0 Å². The van der Waals surface area contributed by atoms with Gasteiger partial charge in [-0.2, -0.15) is 4.98 Å². The molecule has 3 aromatic rings. The number of hydrogen-bond acceptors (Lipinski definition) is 6. The first-order valence-electron chi connectivity index (χ1n) is 7.07. The third-order valence-electron chi connectivity index (χ3n) is 3.38. The number of nitrogens with zero attached hydrogens (tertiary/aromatic N) is 5. The molecule has 0 aliphatic rings. The molecule has 0 unspecified atom stereocenters. The van der Waals surface area contributed by atoms with Crippen LogP contribution >= 0.6 is 0 Å². The van der Waals surface area contributed by atoms with Gasteiger partial charge in [0.2, 0.25) is 17.6 Å². The zero-order chi connectivity index (χ0) is 15.4. The van der Waals surface area contributed by atoms with Gasteiger partial charge in [0.25, 0.3) is 0 Å². The number of pyridine rings is 1. The molecule has 3 rings (SSSR count). The minimum absolute atomic E-state index is 0.527. The monoisotopic (exact) mass is 299 g/mol. The lowest BCUT2D eigenvalue weighted by Crippen LogP contribution is -2.00. The summed E-state index contributed by atoms with van der Waals surface area (Å²) >= 11 is 0. The predicted molar refractivity (Wildman–Crippen MR) is 79.4 cm³/mol. The maximum absolute atomic E-state index is 5.30. The fourth-order valence-corrected chi connectivity index (χ4v) is 2.17. The summed E-state index contributed by atoms with van der Waals surface area (Å²) in [5, 5.41) is 4.01. The molecule has 7 nitrogen and oxygen atoms in total. The van der Waals surface area contributed by atoms with Gasteiger partial charge in [-0.25, -0.2) is 9.97 Å². The number of rotatable bonds is 6. The lowest BCUT2D eigenvalue weighted by atomic mass is 10.2. The first-order chi connectivity index (χ1) is 10.8. The van der Waals surface area contributed by atoms with E-state index in [1.807, 2.05) is 19.2 Å². The van der Waals surface area contributed by atoms with Crippen LogP contribution in [0.4, 0.5) is 0 Å². The number of ether oxygens (including phenoxy) is 1. The van der Waals surface area contributed by atoms with Crippen LogP contribution < -0.4 is 4.74 Å². The SMILES string of the molecule is COc1cc(-c2noc(CCCn3ccnc3C)n2)ccn1. The van der Waals surface area contributed by atoms with Gasteiger partial charge in [-0.1, -0.05) is 5.16 Å². The van der Waals surface area contributed by atoms with Crippen molar-refractivity contribution in [1.29, 1.82) is 0 Å². The zero-order valence-electron chi connectivity index (χ0n) is 12.6. The van der Waals surface area contributed by atoms with Crippen molar-refractivity contribution in [2.75, 3.05) is 7.11 Å². The van der Waals surface area contributed by atoms with Crippen molar-refractivity contribution in [3.8, 4) is 17.3 Å². The fraction of sp³-hybridized carbons (Fsp3) is 0.333. The fourth-order valence-electron chi connectivity index (χ4n) is 2.17. The van der Waals surface area contributed by atoms with Gasteiger partial charge >= 0.3 is 0 Å². The summed E-state index contributed by atoms with van der Waals surface area (Å²) in [7, 11) is 1.58. The normalized spacial score (nSPS) is 10.8. The highest BCUT2D eigenvalue weighted by Crippen LogP contribution is 2.19. The molecule has 22 heavy (non-hydrogen) atoms. The molecule has 0 aliphatic heterocycles. The lowest BCUT2D eigenvalue weighted by molar-refractivity contribution is 0.372. The molecule has 0 fully saturated rings. The summed E-state index contributed by atoms with van der Waals surface area (Å²) in [4.78, 5) is 12.7. The predicted octanol–water partition coefficient (Wildman–Crippen LogP) is 2.28. The van der Waals surface area contributed by atoms with E-state index in [4.69, 9.17) is 9.26 Å². The Morgan fingerprint density at radius 3 is 2.95 bits per heavy atom. The van der Waals surface area contributed by atoms with Crippen LogP contribution in [0.15, 0.2) is 35.2 Å². The molecule has 0 N–H and O–H groups in total.